The smallest absolute Gasteiger partial charge is 0.252 e. The van der Waals surface area contributed by atoms with E-state index >= 15 is 0 Å². The van der Waals surface area contributed by atoms with Gasteiger partial charge in [-0.1, -0.05) is 0 Å². The van der Waals surface area contributed by atoms with E-state index in [9.17, 15) is 0 Å². The summed E-state index contributed by atoms with van der Waals surface area (Å²) < 4.78 is 1.65. The van der Waals surface area contributed by atoms with Crippen molar-refractivity contribution in [2.24, 2.45) is 5.73 Å². The highest BCUT2D eigenvalue weighted by atomic mass is 15.3. The van der Waals surface area contributed by atoms with Gasteiger partial charge in [0.05, 0.1) is 0 Å². The second-order valence-corrected chi connectivity index (χ2v) is 4.13. The van der Waals surface area contributed by atoms with Crippen LogP contribution in [-0.4, -0.2) is 25.1 Å². The summed E-state index contributed by atoms with van der Waals surface area (Å²) in [4.78, 5) is 8.12. The van der Waals surface area contributed by atoms with Gasteiger partial charge in [-0.3, -0.25) is 0 Å². The molecule has 74 valence electrons. The molecular formula is C9H13N5. The Labute approximate surface area is 82.0 Å². The summed E-state index contributed by atoms with van der Waals surface area (Å²) in [6, 6.07) is 0. The minimum atomic E-state index is -0.226. The van der Waals surface area contributed by atoms with E-state index in [0.29, 0.717) is 5.78 Å². The molecule has 0 aliphatic heterocycles. The normalized spacial score (nSPS) is 12.2. The third-order valence-corrected chi connectivity index (χ3v) is 1.85. The number of aromatic nitrogens is 4. The molecule has 0 bridgehead atoms. The van der Waals surface area contributed by atoms with Crippen LogP contribution >= 0.6 is 0 Å². The Hall–Kier alpha value is -1.49. The van der Waals surface area contributed by atoms with Crippen molar-refractivity contribution in [2.45, 2.75) is 25.8 Å². The Bertz CT molecular complexity index is 440. The highest BCUT2D eigenvalue weighted by molar-refractivity contribution is 5.26. The summed E-state index contributed by atoms with van der Waals surface area (Å²) in [6.45, 7) is 3.97. The average molecular weight is 191 g/mol. The van der Waals surface area contributed by atoms with E-state index in [1.807, 2.05) is 20.0 Å². The standard InChI is InChI=1S/C9H13N5/c1-9(2,10)3-7-4-11-8-12-6-13-14(8)5-7/h4-6H,3,10H2,1-2H3. The Morgan fingerprint density at radius 3 is 2.93 bits per heavy atom. The third-order valence-electron chi connectivity index (χ3n) is 1.85. The molecule has 2 rings (SSSR count). The van der Waals surface area contributed by atoms with Crippen LogP contribution in [0.3, 0.4) is 0 Å². The van der Waals surface area contributed by atoms with Crippen molar-refractivity contribution < 1.29 is 0 Å². The summed E-state index contributed by atoms with van der Waals surface area (Å²) in [5, 5.41) is 4.01. The van der Waals surface area contributed by atoms with Gasteiger partial charge in [0.2, 0.25) is 0 Å². The Morgan fingerprint density at radius 2 is 2.21 bits per heavy atom. The highest BCUT2D eigenvalue weighted by Crippen LogP contribution is 2.08. The van der Waals surface area contributed by atoms with Gasteiger partial charge < -0.3 is 5.73 Å². The summed E-state index contributed by atoms with van der Waals surface area (Å²) in [5.41, 5.74) is 6.75. The van der Waals surface area contributed by atoms with Gasteiger partial charge in [-0.25, -0.2) is 9.50 Å². The maximum atomic E-state index is 5.91. The monoisotopic (exact) mass is 191 g/mol. The molecule has 5 nitrogen and oxygen atoms in total. The lowest BCUT2D eigenvalue weighted by Gasteiger charge is -2.17. The fraction of sp³-hybridized carbons (Fsp3) is 0.444. The Morgan fingerprint density at radius 1 is 1.43 bits per heavy atom. The van der Waals surface area contributed by atoms with E-state index in [4.69, 9.17) is 5.73 Å². The van der Waals surface area contributed by atoms with E-state index in [2.05, 4.69) is 15.1 Å². The lowest BCUT2D eigenvalue weighted by atomic mass is 9.98. The van der Waals surface area contributed by atoms with Crippen molar-refractivity contribution in [3.63, 3.8) is 0 Å². The van der Waals surface area contributed by atoms with Crippen LogP contribution in [-0.2, 0) is 6.42 Å². The third kappa shape index (κ3) is 1.88. The first-order valence-corrected chi connectivity index (χ1v) is 4.48. The largest absolute Gasteiger partial charge is 0.325 e. The number of nitrogens with zero attached hydrogens (tertiary/aromatic N) is 4. The van der Waals surface area contributed by atoms with Crippen LogP contribution in [0.5, 0.6) is 0 Å². The number of hydrogen-bond acceptors (Lipinski definition) is 4. The molecular weight excluding hydrogens is 178 g/mol. The lowest BCUT2D eigenvalue weighted by molar-refractivity contribution is 0.514. The topological polar surface area (TPSA) is 69.1 Å². The van der Waals surface area contributed by atoms with Crippen molar-refractivity contribution >= 4 is 5.78 Å². The summed E-state index contributed by atoms with van der Waals surface area (Å²) in [5.74, 6) is 0.614. The van der Waals surface area contributed by atoms with Gasteiger partial charge >= 0.3 is 0 Å². The van der Waals surface area contributed by atoms with Gasteiger partial charge in [0.15, 0.2) is 0 Å². The average Bonchev–Trinajstić information content (AvgIpc) is 2.47. The summed E-state index contributed by atoms with van der Waals surface area (Å²) >= 11 is 0. The van der Waals surface area contributed by atoms with Crippen LogP contribution in [0.2, 0.25) is 0 Å². The van der Waals surface area contributed by atoms with E-state index in [1.165, 1.54) is 6.33 Å². The summed E-state index contributed by atoms with van der Waals surface area (Å²) in [7, 11) is 0. The van der Waals surface area contributed by atoms with Crippen molar-refractivity contribution in [1.82, 2.24) is 19.6 Å². The fourth-order valence-electron chi connectivity index (χ4n) is 1.38. The zero-order chi connectivity index (χ0) is 10.2. The van der Waals surface area contributed by atoms with Crippen LogP contribution in [0.15, 0.2) is 18.7 Å². The zero-order valence-corrected chi connectivity index (χ0v) is 8.31. The van der Waals surface area contributed by atoms with Crippen LogP contribution in [0.25, 0.3) is 5.78 Å². The van der Waals surface area contributed by atoms with Gasteiger partial charge in [0.1, 0.15) is 6.33 Å². The molecule has 14 heavy (non-hydrogen) atoms. The first-order chi connectivity index (χ1) is 6.54. The quantitative estimate of drug-likeness (QED) is 0.746. The SMILES string of the molecule is CC(C)(N)Cc1cnc2ncnn2c1. The molecule has 0 amide bonds. The molecule has 0 aromatic carbocycles. The maximum absolute atomic E-state index is 5.91. The van der Waals surface area contributed by atoms with Crippen LogP contribution < -0.4 is 5.73 Å². The Kier molecular flexibility index (Phi) is 1.96. The minimum Gasteiger partial charge on any atom is -0.325 e. The molecule has 0 spiro atoms. The van der Waals surface area contributed by atoms with E-state index in [-0.39, 0.29) is 5.54 Å². The minimum absolute atomic E-state index is 0.226. The molecule has 0 aliphatic rings. The van der Waals surface area contributed by atoms with Gasteiger partial charge in [-0.05, 0) is 25.8 Å². The second-order valence-electron chi connectivity index (χ2n) is 4.13. The molecule has 0 saturated carbocycles. The first kappa shape index (κ1) is 9.08. The molecule has 2 heterocycles. The molecule has 0 atom stereocenters. The van der Waals surface area contributed by atoms with E-state index in [1.54, 1.807) is 10.7 Å². The van der Waals surface area contributed by atoms with Crippen molar-refractivity contribution in [3.05, 3.63) is 24.3 Å². The van der Waals surface area contributed by atoms with Gasteiger partial charge in [-0.15, -0.1) is 0 Å². The second kappa shape index (κ2) is 3.02. The molecule has 0 unspecified atom stereocenters. The molecule has 2 N–H and O–H groups in total. The molecule has 0 aliphatic carbocycles. The highest BCUT2D eigenvalue weighted by Gasteiger charge is 2.12. The summed E-state index contributed by atoms with van der Waals surface area (Å²) in [6.07, 6.45) is 5.96. The number of nitrogens with two attached hydrogens (primary N) is 1. The van der Waals surface area contributed by atoms with Crippen molar-refractivity contribution in [1.29, 1.82) is 0 Å². The molecule has 0 saturated heterocycles. The molecule has 0 radical (unpaired) electrons. The van der Waals surface area contributed by atoms with Crippen LogP contribution in [0.1, 0.15) is 19.4 Å². The predicted molar refractivity (Wildman–Crippen MR) is 52.8 cm³/mol. The fourth-order valence-corrected chi connectivity index (χ4v) is 1.38. The van der Waals surface area contributed by atoms with Crippen LogP contribution in [0, 0.1) is 0 Å². The molecule has 2 aromatic rings. The zero-order valence-electron chi connectivity index (χ0n) is 8.31. The van der Waals surface area contributed by atoms with Crippen LogP contribution in [0.4, 0.5) is 0 Å². The molecule has 0 fully saturated rings. The predicted octanol–water partition coefficient (Wildman–Crippen LogP) is 0.404. The van der Waals surface area contributed by atoms with Gasteiger partial charge in [0, 0.05) is 17.9 Å². The van der Waals surface area contributed by atoms with E-state index in [0.717, 1.165) is 12.0 Å². The van der Waals surface area contributed by atoms with E-state index < -0.39 is 0 Å². The van der Waals surface area contributed by atoms with Gasteiger partial charge in [0.25, 0.3) is 5.78 Å². The maximum Gasteiger partial charge on any atom is 0.252 e. The number of hydrogen-bond donors (Lipinski definition) is 1. The lowest BCUT2D eigenvalue weighted by Crippen LogP contribution is -2.34. The first-order valence-electron chi connectivity index (χ1n) is 4.48. The van der Waals surface area contributed by atoms with Crippen molar-refractivity contribution in [3.8, 4) is 0 Å². The van der Waals surface area contributed by atoms with Crippen molar-refractivity contribution in [2.75, 3.05) is 0 Å². The van der Waals surface area contributed by atoms with Gasteiger partial charge in [-0.2, -0.15) is 10.1 Å². The molecule has 5 heteroatoms. The molecule has 2 aromatic heterocycles. The Balaban J connectivity index is 2.35. The number of rotatable bonds is 2. The number of fused-ring (bicyclic) bond motifs is 1.